The molecule has 6 heteroatoms. The van der Waals surface area contributed by atoms with Gasteiger partial charge < -0.3 is 5.11 Å². The summed E-state index contributed by atoms with van der Waals surface area (Å²) in [6, 6.07) is 1.04. The molecule has 1 rings (SSSR count). The van der Waals surface area contributed by atoms with Crippen molar-refractivity contribution in [1.82, 2.24) is 0 Å². The van der Waals surface area contributed by atoms with Crippen molar-refractivity contribution in [3.63, 3.8) is 0 Å². The molecule has 0 aromatic heterocycles. The number of aromatic hydroxyl groups is 1. The molecule has 0 spiro atoms. The fourth-order valence-electron chi connectivity index (χ4n) is 1.02. The first-order valence-electron chi connectivity index (χ1n) is 3.60. The van der Waals surface area contributed by atoms with Gasteiger partial charge in [-0.05, 0) is 22.9 Å². The summed E-state index contributed by atoms with van der Waals surface area (Å²) in [6.45, 7) is 1.48. The molecule has 0 heterocycles. The molecule has 5 nitrogen and oxygen atoms in total. The Bertz CT molecular complexity index is 416. The summed E-state index contributed by atoms with van der Waals surface area (Å²) in [5.74, 6) is -0.275. The van der Waals surface area contributed by atoms with Gasteiger partial charge in [0.15, 0.2) is 6.29 Å². The highest BCUT2D eigenvalue weighted by Gasteiger charge is 2.19. The number of phenols is 1. The van der Waals surface area contributed by atoms with Gasteiger partial charge in [0, 0.05) is 11.6 Å². The zero-order valence-corrected chi connectivity index (χ0v) is 8.74. The molecule has 0 fully saturated rings. The van der Waals surface area contributed by atoms with Gasteiger partial charge in [-0.3, -0.25) is 14.9 Å². The van der Waals surface area contributed by atoms with Crippen molar-refractivity contribution < 1.29 is 14.8 Å². The van der Waals surface area contributed by atoms with Crippen LogP contribution in [0.5, 0.6) is 5.75 Å². The van der Waals surface area contributed by atoms with E-state index < -0.39 is 4.92 Å². The quantitative estimate of drug-likeness (QED) is 0.502. The van der Waals surface area contributed by atoms with Crippen molar-refractivity contribution in [3.8, 4) is 5.75 Å². The number of aldehydes is 1. The van der Waals surface area contributed by atoms with Crippen LogP contribution in [-0.2, 0) is 0 Å². The molecule has 0 saturated heterocycles. The van der Waals surface area contributed by atoms with Crippen LogP contribution >= 0.6 is 15.9 Å². The lowest BCUT2D eigenvalue weighted by Crippen LogP contribution is -1.95. The fraction of sp³-hybridized carbons (Fsp3) is 0.125. The van der Waals surface area contributed by atoms with Crippen LogP contribution in [0.1, 0.15) is 15.9 Å². The number of hydrogen-bond donors (Lipinski definition) is 1. The number of hydrogen-bond acceptors (Lipinski definition) is 4. The summed E-state index contributed by atoms with van der Waals surface area (Å²) in [7, 11) is 0. The Hall–Kier alpha value is -1.43. The average molecular weight is 260 g/mol. The predicted octanol–water partition coefficient (Wildman–Crippen LogP) is 2.18. The summed E-state index contributed by atoms with van der Waals surface area (Å²) in [6.07, 6.45) is 0.368. The first kappa shape index (κ1) is 10.6. The topological polar surface area (TPSA) is 80.4 Å². The molecule has 0 aliphatic heterocycles. The van der Waals surface area contributed by atoms with Gasteiger partial charge in [0.1, 0.15) is 5.75 Å². The van der Waals surface area contributed by atoms with Gasteiger partial charge >= 0.3 is 0 Å². The number of carbonyl (C=O) groups excluding carboxylic acids is 1. The second-order valence-corrected chi connectivity index (χ2v) is 3.44. The minimum absolute atomic E-state index is 0.103. The number of nitro groups is 1. The van der Waals surface area contributed by atoms with E-state index in [-0.39, 0.29) is 27.0 Å². The largest absolute Gasteiger partial charge is 0.506 e. The Balaban J connectivity index is 3.56. The Morgan fingerprint density at radius 2 is 2.21 bits per heavy atom. The fourth-order valence-corrected chi connectivity index (χ4v) is 1.45. The van der Waals surface area contributed by atoms with Gasteiger partial charge in [-0.25, -0.2) is 0 Å². The molecule has 0 aliphatic carbocycles. The van der Waals surface area contributed by atoms with Gasteiger partial charge in [-0.1, -0.05) is 0 Å². The molecule has 0 radical (unpaired) electrons. The monoisotopic (exact) mass is 259 g/mol. The van der Waals surface area contributed by atoms with E-state index in [1.165, 1.54) is 6.92 Å². The zero-order valence-electron chi connectivity index (χ0n) is 7.15. The highest BCUT2D eigenvalue weighted by Crippen LogP contribution is 2.36. The SMILES string of the molecule is Cc1c([N+](=O)[O-])cc(C=O)c(O)c1Br. The van der Waals surface area contributed by atoms with E-state index in [0.29, 0.717) is 6.29 Å². The third kappa shape index (κ3) is 1.60. The van der Waals surface area contributed by atoms with Crippen molar-refractivity contribution in [2.75, 3.05) is 0 Å². The first-order valence-corrected chi connectivity index (χ1v) is 4.40. The highest BCUT2D eigenvalue weighted by molar-refractivity contribution is 9.10. The van der Waals surface area contributed by atoms with E-state index >= 15 is 0 Å². The Kier molecular flexibility index (Phi) is 2.85. The summed E-state index contributed by atoms with van der Waals surface area (Å²) < 4.78 is 0.175. The highest BCUT2D eigenvalue weighted by atomic mass is 79.9. The average Bonchev–Trinajstić information content (AvgIpc) is 2.14. The standard InChI is InChI=1S/C8H6BrNO4/c1-4-6(10(13)14)2-5(3-11)8(12)7(4)9/h2-3,12H,1H3. The molecule has 14 heavy (non-hydrogen) atoms. The van der Waals surface area contributed by atoms with Gasteiger partial charge in [0.25, 0.3) is 5.69 Å². The second-order valence-electron chi connectivity index (χ2n) is 2.65. The summed E-state index contributed by atoms with van der Waals surface area (Å²) in [5, 5.41) is 19.9. The predicted molar refractivity (Wildman–Crippen MR) is 52.6 cm³/mol. The number of nitrogens with zero attached hydrogens (tertiary/aromatic N) is 1. The third-order valence-corrected chi connectivity index (χ3v) is 2.78. The Morgan fingerprint density at radius 1 is 1.64 bits per heavy atom. The van der Waals surface area contributed by atoms with Crippen LogP contribution in [-0.4, -0.2) is 16.3 Å². The van der Waals surface area contributed by atoms with Crippen LogP contribution < -0.4 is 0 Å². The van der Waals surface area contributed by atoms with E-state index in [1.54, 1.807) is 0 Å². The summed E-state index contributed by atoms with van der Waals surface area (Å²) >= 11 is 2.98. The number of rotatable bonds is 2. The van der Waals surface area contributed by atoms with Crippen molar-refractivity contribution in [2.45, 2.75) is 6.92 Å². The van der Waals surface area contributed by atoms with E-state index in [2.05, 4.69) is 15.9 Å². The normalized spacial score (nSPS) is 9.86. The van der Waals surface area contributed by atoms with Crippen LogP contribution in [0, 0.1) is 17.0 Å². The minimum atomic E-state index is -0.605. The van der Waals surface area contributed by atoms with Crippen LogP contribution in [0.3, 0.4) is 0 Å². The zero-order chi connectivity index (χ0) is 10.9. The smallest absolute Gasteiger partial charge is 0.274 e. The lowest BCUT2D eigenvalue weighted by Gasteiger charge is -2.04. The van der Waals surface area contributed by atoms with E-state index in [9.17, 15) is 20.0 Å². The Morgan fingerprint density at radius 3 is 2.64 bits per heavy atom. The van der Waals surface area contributed by atoms with Crippen molar-refractivity contribution in [1.29, 1.82) is 0 Å². The van der Waals surface area contributed by atoms with E-state index in [0.717, 1.165) is 6.07 Å². The molecule has 0 bridgehead atoms. The maximum Gasteiger partial charge on any atom is 0.274 e. The molecule has 74 valence electrons. The number of nitro benzene ring substituents is 1. The van der Waals surface area contributed by atoms with Crippen molar-refractivity contribution in [3.05, 3.63) is 31.8 Å². The summed E-state index contributed by atoms with van der Waals surface area (Å²) in [4.78, 5) is 20.4. The maximum atomic E-state index is 10.5. The Labute approximate surface area is 87.6 Å². The molecular weight excluding hydrogens is 254 g/mol. The lowest BCUT2D eigenvalue weighted by molar-refractivity contribution is -0.385. The number of halogens is 1. The molecule has 0 amide bonds. The lowest BCUT2D eigenvalue weighted by atomic mass is 10.1. The van der Waals surface area contributed by atoms with Crippen LogP contribution in [0.15, 0.2) is 10.5 Å². The molecule has 0 unspecified atom stereocenters. The first-order chi connectivity index (χ1) is 6.49. The van der Waals surface area contributed by atoms with Gasteiger partial charge in [-0.2, -0.15) is 0 Å². The van der Waals surface area contributed by atoms with Crippen LogP contribution in [0.4, 0.5) is 5.69 Å². The van der Waals surface area contributed by atoms with E-state index in [4.69, 9.17) is 0 Å². The van der Waals surface area contributed by atoms with Crippen LogP contribution in [0.25, 0.3) is 0 Å². The molecular formula is C8H6BrNO4. The number of carbonyl (C=O) groups is 1. The number of phenolic OH excluding ortho intramolecular Hbond substituents is 1. The van der Waals surface area contributed by atoms with Gasteiger partial charge in [0.05, 0.1) is 15.0 Å². The minimum Gasteiger partial charge on any atom is -0.506 e. The second kappa shape index (κ2) is 3.75. The van der Waals surface area contributed by atoms with E-state index in [1.807, 2.05) is 0 Å². The van der Waals surface area contributed by atoms with Crippen molar-refractivity contribution >= 4 is 27.9 Å². The molecule has 1 N–H and O–H groups in total. The van der Waals surface area contributed by atoms with Gasteiger partial charge in [0.2, 0.25) is 0 Å². The molecule has 0 aliphatic rings. The summed E-state index contributed by atoms with van der Waals surface area (Å²) in [5.41, 5.74) is -0.0101. The molecule has 0 saturated carbocycles. The molecule has 1 aromatic rings. The molecule has 0 atom stereocenters. The number of benzene rings is 1. The van der Waals surface area contributed by atoms with Crippen molar-refractivity contribution in [2.24, 2.45) is 0 Å². The third-order valence-electron chi connectivity index (χ3n) is 1.81. The van der Waals surface area contributed by atoms with Gasteiger partial charge in [-0.15, -0.1) is 0 Å². The van der Waals surface area contributed by atoms with Crippen LogP contribution in [0.2, 0.25) is 0 Å². The molecule has 1 aromatic carbocycles. The maximum absolute atomic E-state index is 10.5.